The van der Waals surface area contributed by atoms with Crippen LogP contribution in [0.5, 0.6) is 0 Å². The summed E-state index contributed by atoms with van der Waals surface area (Å²) in [5.41, 5.74) is 2.30. The molecule has 0 aliphatic rings. The van der Waals surface area contributed by atoms with E-state index in [1.165, 1.54) is 0 Å². The molecule has 0 aliphatic heterocycles. The molecule has 0 fully saturated rings. The van der Waals surface area contributed by atoms with Gasteiger partial charge < -0.3 is 5.11 Å². The van der Waals surface area contributed by atoms with E-state index in [1.54, 1.807) is 0 Å². The number of benzene rings is 1. The molecule has 0 saturated carbocycles. The van der Waals surface area contributed by atoms with Crippen LogP contribution in [-0.2, 0) is 11.3 Å². The van der Waals surface area contributed by atoms with Crippen LogP contribution in [0.1, 0.15) is 6.42 Å². The van der Waals surface area contributed by atoms with Crippen LogP contribution in [0.3, 0.4) is 0 Å². The molecular weight excluding hydrogens is 214 g/mol. The van der Waals surface area contributed by atoms with Gasteiger partial charge in [0.25, 0.3) is 0 Å². The lowest BCUT2D eigenvalue weighted by Gasteiger charge is -2.00. The molecule has 0 saturated heterocycles. The van der Waals surface area contributed by atoms with E-state index < -0.39 is 5.97 Å². The molecule has 0 unspecified atom stereocenters. The average Bonchev–Trinajstić information content (AvgIpc) is 2.38. The van der Waals surface area contributed by atoms with Gasteiger partial charge in [-0.2, -0.15) is 0 Å². The maximum Gasteiger partial charge on any atom is 0.309 e. The summed E-state index contributed by atoms with van der Waals surface area (Å²) in [5, 5.41) is 8.59. The van der Waals surface area contributed by atoms with E-state index in [0.717, 1.165) is 11.1 Å². The highest BCUT2D eigenvalue weighted by Gasteiger charge is 2.05. The Labute approximate surface area is 100.0 Å². The Morgan fingerprint density at radius 2 is 1.59 bits per heavy atom. The predicted octanol–water partition coefficient (Wildman–Crippen LogP) is 2.12. The van der Waals surface area contributed by atoms with E-state index in [4.69, 9.17) is 5.11 Å². The van der Waals surface area contributed by atoms with Crippen LogP contribution in [-0.4, -0.2) is 11.1 Å². The molecule has 1 heterocycles. The number of carbonyl (C=O) groups is 1. The summed E-state index contributed by atoms with van der Waals surface area (Å²) in [6.45, 7) is 0.504. The number of nitrogens with zero attached hydrogens (tertiary/aromatic N) is 1. The van der Waals surface area contributed by atoms with Gasteiger partial charge in [0.15, 0.2) is 18.9 Å². The lowest BCUT2D eigenvalue weighted by Crippen LogP contribution is -2.33. The number of aliphatic carboxylic acids is 1. The molecule has 2 rings (SSSR count). The number of carboxylic acids is 1. The second-order valence-corrected chi connectivity index (χ2v) is 3.83. The van der Waals surface area contributed by atoms with Crippen molar-refractivity contribution in [1.29, 1.82) is 0 Å². The summed E-state index contributed by atoms with van der Waals surface area (Å²) in [6, 6.07) is 14.1. The molecule has 86 valence electrons. The maximum atomic E-state index is 10.4. The van der Waals surface area contributed by atoms with Gasteiger partial charge in [0.05, 0.1) is 0 Å². The Hall–Kier alpha value is -2.16. The van der Waals surface area contributed by atoms with Gasteiger partial charge in [0, 0.05) is 12.1 Å². The van der Waals surface area contributed by atoms with Gasteiger partial charge in [0.2, 0.25) is 0 Å². The molecular formula is C14H14NO2+. The molecule has 0 radical (unpaired) electrons. The first-order valence-corrected chi connectivity index (χ1v) is 5.52. The lowest BCUT2D eigenvalue weighted by atomic mass is 10.1. The van der Waals surface area contributed by atoms with Crippen molar-refractivity contribution in [2.45, 2.75) is 13.0 Å². The summed E-state index contributed by atoms with van der Waals surface area (Å²) in [5.74, 6) is -0.773. The number of aryl methyl sites for hydroxylation is 1. The fourth-order valence-electron chi connectivity index (χ4n) is 1.65. The van der Waals surface area contributed by atoms with Gasteiger partial charge in [-0.1, -0.05) is 30.3 Å². The zero-order chi connectivity index (χ0) is 12.1. The smallest absolute Gasteiger partial charge is 0.309 e. The normalized spacial score (nSPS) is 10.1. The Balaban J connectivity index is 2.11. The number of hydrogen-bond acceptors (Lipinski definition) is 1. The van der Waals surface area contributed by atoms with E-state index in [-0.39, 0.29) is 6.42 Å². The summed E-state index contributed by atoms with van der Waals surface area (Å²) in [6.07, 6.45) is 3.96. The average molecular weight is 228 g/mol. The third kappa shape index (κ3) is 3.14. The first kappa shape index (κ1) is 11.3. The molecule has 2 aromatic rings. The highest BCUT2D eigenvalue weighted by molar-refractivity contribution is 5.66. The molecule has 1 N–H and O–H groups in total. The van der Waals surface area contributed by atoms with Gasteiger partial charge in [0.1, 0.15) is 6.42 Å². The summed E-state index contributed by atoms with van der Waals surface area (Å²) < 4.78 is 1.88. The van der Waals surface area contributed by atoms with Gasteiger partial charge in [-0.3, -0.25) is 4.79 Å². The van der Waals surface area contributed by atoms with Crippen LogP contribution >= 0.6 is 0 Å². The minimum absolute atomic E-state index is 0.148. The van der Waals surface area contributed by atoms with Gasteiger partial charge in [-0.25, -0.2) is 4.57 Å². The predicted molar refractivity (Wildman–Crippen MR) is 64.3 cm³/mol. The third-order valence-electron chi connectivity index (χ3n) is 2.58. The summed E-state index contributed by atoms with van der Waals surface area (Å²) >= 11 is 0. The molecule has 1 aromatic carbocycles. The fraction of sp³-hybridized carbons (Fsp3) is 0.143. The van der Waals surface area contributed by atoms with Gasteiger partial charge in [-0.15, -0.1) is 0 Å². The number of pyridine rings is 1. The highest BCUT2D eigenvalue weighted by Crippen LogP contribution is 2.16. The minimum atomic E-state index is -0.773. The highest BCUT2D eigenvalue weighted by atomic mass is 16.4. The number of hydrogen-bond donors (Lipinski definition) is 1. The SMILES string of the molecule is O=C(O)CC[n+]1ccc(-c2ccccc2)cc1. The monoisotopic (exact) mass is 228 g/mol. The standard InChI is InChI=1S/C14H13NO2/c16-14(17)8-11-15-9-6-13(7-10-15)12-4-2-1-3-5-12/h1-7,9-10H,8,11H2/p+1. The van der Waals surface area contributed by atoms with Crippen molar-refractivity contribution < 1.29 is 14.5 Å². The first-order chi connectivity index (χ1) is 8.25. The van der Waals surface area contributed by atoms with Crippen molar-refractivity contribution >= 4 is 5.97 Å². The van der Waals surface area contributed by atoms with Gasteiger partial charge in [-0.05, 0) is 11.1 Å². The maximum absolute atomic E-state index is 10.4. The topological polar surface area (TPSA) is 41.2 Å². The molecule has 0 aliphatic carbocycles. The molecule has 0 bridgehead atoms. The van der Waals surface area contributed by atoms with Crippen LogP contribution in [0.2, 0.25) is 0 Å². The van der Waals surface area contributed by atoms with Crippen molar-refractivity contribution in [2.24, 2.45) is 0 Å². The van der Waals surface area contributed by atoms with Crippen LogP contribution in [0.25, 0.3) is 11.1 Å². The second-order valence-electron chi connectivity index (χ2n) is 3.83. The quantitative estimate of drug-likeness (QED) is 0.814. The van der Waals surface area contributed by atoms with Gasteiger partial charge >= 0.3 is 5.97 Å². The zero-order valence-electron chi connectivity index (χ0n) is 9.41. The third-order valence-corrected chi connectivity index (χ3v) is 2.58. The van der Waals surface area contributed by atoms with Crippen molar-refractivity contribution in [3.63, 3.8) is 0 Å². The van der Waals surface area contributed by atoms with E-state index in [2.05, 4.69) is 12.1 Å². The largest absolute Gasteiger partial charge is 0.481 e. The van der Waals surface area contributed by atoms with E-state index in [1.807, 2.05) is 47.3 Å². The number of aromatic nitrogens is 1. The molecule has 3 heteroatoms. The van der Waals surface area contributed by atoms with Crippen LogP contribution in [0, 0.1) is 0 Å². The Morgan fingerprint density at radius 1 is 1.00 bits per heavy atom. The minimum Gasteiger partial charge on any atom is -0.481 e. The van der Waals surface area contributed by atoms with E-state index in [9.17, 15) is 4.79 Å². The van der Waals surface area contributed by atoms with Crippen LogP contribution < -0.4 is 4.57 Å². The van der Waals surface area contributed by atoms with Crippen molar-refractivity contribution in [3.05, 3.63) is 54.9 Å². The summed E-state index contributed by atoms with van der Waals surface area (Å²) in [7, 11) is 0. The Kier molecular flexibility index (Phi) is 3.50. The van der Waals surface area contributed by atoms with Crippen molar-refractivity contribution in [1.82, 2.24) is 0 Å². The Bertz CT molecular complexity index is 491. The zero-order valence-corrected chi connectivity index (χ0v) is 9.41. The fourth-order valence-corrected chi connectivity index (χ4v) is 1.65. The molecule has 0 spiro atoms. The van der Waals surface area contributed by atoms with E-state index in [0.29, 0.717) is 6.54 Å². The molecule has 1 aromatic heterocycles. The molecule has 3 nitrogen and oxygen atoms in total. The van der Waals surface area contributed by atoms with Crippen molar-refractivity contribution in [3.8, 4) is 11.1 Å². The van der Waals surface area contributed by atoms with Crippen LogP contribution in [0.15, 0.2) is 54.9 Å². The molecule has 0 amide bonds. The molecule has 0 atom stereocenters. The first-order valence-electron chi connectivity index (χ1n) is 5.52. The second kappa shape index (κ2) is 5.25. The van der Waals surface area contributed by atoms with E-state index >= 15 is 0 Å². The summed E-state index contributed by atoms with van der Waals surface area (Å²) in [4.78, 5) is 10.4. The van der Waals surface area contributed by atoms with Crippen LogP contribution in [0.4, 0.5) is 0 Å². The number of rotatable bonds is 4. The lowest BCUT2D eigenvalue weighted by molar-refractivity contribution is -0.695. The number of carboxylic acid groups (broad SMARTS) is 1. The Morgan fingerprint density at radius 3 is 2.18 bits per heavy atom. The van der Waals surface area contributed by atoms with Crippen molar-refractivity contribution in [2.75, 3.05) is 0 Å². The molecule has 17 heavy (non-hydrogen) atoms.